The molecule has 1 heterocycles. The monoisotopic (exact) mass is 526 g/mol. The van der Waals surface area contributed by atoms with E-state index in [0.717, 1.165) is 31.2 Å². The van der Waals surface area contributed by atoms with Crippen LogP contribution >= 0.6 is 27.5 Å². The molecule has 1 aliphatic heterocycles. The first kappa shape index (κ1) is 22.1. The Kier molecular flexibility index (Phi) is 5.75. The Labute approximate surface area is 204 Å². The summed E-state index contributed by atoms with van der Waals surface area (Å²) in [7, 11) is 0. The zero-order chi connectivity index (χ0) is 23.2. The standard InChI is InChI=1S/C26H21BrClFN2O2/c27-16-12-19-22(23(31-24(19)32)18-14-17(29)8-9-20(18)28)21(13-16)30-25(33)26(10-4-5-11-26)15-6-2-1-3-7-15/h1-3,6-9,12-14,23H,4-5,10-11H2,(H,30,33)(H,31,32). The summed E-state index contributed by atoms with van der Waals surface area (Å²) in [6, 6.07) is 16.7. The van der Waals surface area contributed by atoms with E-state index >= 15 is 0 Å². The van der Waals surface area contributed by atoms with Gasteiger partial charge in [-0.05, 0) is 48.7 Å². The van der Waals surface area contributed by atoms with Gasteiger partial charge in [0.15, 0.2) is 0 Å². The average Bonchev–Trinajstić information content (AvgIpc) is 3.42. The molecule has 5 rings (SSSR count). The van der Waals surface area contributed by atoms with Crippen molar-refractivity contribution in [3.8, 4) is 0 Å². The molecule has 3 aromatic carbocycles. The predicted molar refractivity (Wildman–Crippen MR) is 130 cm³/mol. The number of benzene rings is 3. The molecule has 1 unspecified atom stereocenters. The van der Waals surface area contributed by atoms with Gasteiger partial charge in [-0.15, -0.1) is 0 Å². The van der Waals surface area contributed by atoms with E-state index in [1.54, 1.807) is 12.1 Å². The number of carbonyl (C=O) groups excluding carboxylic acids is 2. The number of nitrogens with one attached hydrogen (secondary N) is 2. The molecule has 33 heavy (non-hydrogen) atoms. The zero-order valence-electron chi connectivity index (χ0n) is 17.6. The molecule has 2 N–H and O–H groups in total. The van der Waals surface area contributed by atoms with Crippen molar-refractivity contribution < 1.29 is 14.0 Å². The molecule has 1 saturated carbocycles. The molecule has 1 fully saturated rings. The van der Waals surface area contributed by atoms with Crippen LogP contribution < -0.4 is 10.6 Å². The normalized spacial score (nSPS) is 18.6. The molecule has 0 aromatic heterocycles. The van der Waals surface area contributed by atoms with Crippen LogP contribution in [0.1, 0.15) is 58.8 Å². The predicted octanol–water partition coefficient (Wildman–Crippen LogP) is 6.52. The highest BCUT2D eigenvalue weighted by molar-refractivity contribution is 9.10. The van der Waals surface area contributed by atoms with Gasteiger partial charge in [-0.3, -0.25) is 9.59 Å². The highest BCUT2D eigenvalue weighted by atomic mass is 79.9. The van der Waals surface area contributed by atoms with Crippen LogP contribution in [0, 0.1) is 5.82 Å². The SMILES string of the molecule is O=C1NC(c2cc(F)ccc2Cl)c2c(NC(=O)C3(c4ccccc4)CCCC3)cc(Br)cc21. The maximum absolute atomic E-state index is 14.0. The van der Waals surface area contributed by atoms with Gasteiger partial charge in [0.05, 0.1) is 11.5 Å². The fourth-order valence-electron chi connectivity index (χ4n) is 5.09. The van der Waals surface area contributed by atoms with Crippen LogP contribution in [0.2, 0.25) is 5.02 Å². The molecule has 1 atom stereocenters. The van der Waals surface area contributed by atoms with E-state index in [1.165, 1.54) is 18.2 Å². The van der Waals surface area contributed by atoms with Crippen molar-refractivity contribution in [1.82, 2.24) is 5.32 Å². The zero-order valence-corrected chi connectivity index (χ0v) is 20.0. The lowest BCUT2D eigenvalue weighted by atomic mass is 9.78. The van der Waals surface area contributed by atoms with Gasteiger partial charge in [0.1, 0.15) is 5.82 Å². The topological polar surface area (TPSA) is 58.2 Å². The number of carbonyl (C=O) groups is 2. The minimum atomic E-state index is -0.671. The lowest BCUT2D eigenvalue weighted by Gasteiger charge is -2.29. The lowest BCUT2D eigenvalue weighted by molar-refractivity contribution is -0.121. The number of amides is 2. The van der Waals surface area contributed by atoms with Gasteiger partial charge < -0.3 is 10.6 Å². The minimum Gasteiger partial charge on any atom is -0.341 e. The molecule has 0 spiro atoms. The summed E-state index contributed by atoms with van der Waals surface area (Å²) < 4.78 is 14.7. The molecule has 3 aromatic rings. The van der Waals surface area contributed by atoms with Gasteiger partial charge >= 0.3 is 0 Å². The van der Waals surface area contributed by atoms with Crippen LogP contribution in [0.15, 0.2) is 65.1 Å². The molecule has 0 radical (unpaired) electrons. The van der Waals surface area contributed by atoms with E-state index < -0.39 is 17.3 Å². The molecular weight excluding hydrogens is 507 g/mol. The van der Waals surface area contributed by atoms with Crippen molar-refractivity contribution in [2.24, 2.45) is 0 Å². The Morgan fingerprint density at radius 1 is 1.09 bits per heavy atom. The summed E-state index contributed by atoms with van der Waals surface area (Å²) in [6.45, 7) is 0. The average molecular weight is 528 g/mol. The second kappa shape index (κ2) is 8.58. The molecule has 4 nitrogen and oxygen atoms in total. The summed E-state index contributed by atoms with van der Waals surface area (Å²) in [5.41, 5.74) is 2.33. The third kappa shape index (κ3) is 3.85. The number of halogens is 3. The fraction of sp³-hybridized carbons (Fsp3) is 0.231. The molecule has 1 aliphatic carbocycles. The second-order valence-electron chi connectivity index (χ2n) is 8.60. The van der Waals surface area contributed by atoms with Gasteiger partial charge in [0.25, 0.3) is 5.91 Å². The van der Waals surface area contributed by atoms with E-state index in [9.17, 15) is 14.0 Å². The number of hydrogen-bond acceptors (Lipinski definition) is 2. The molecule has 2 amide bonds. The first-order valence-corrected chi connectivity index (χ1v) is 12.0. The van der Waals surface area contributed by atoms with Gasteiger partial charge in [0.2, 0.25) is 5.91 Å². The van der Waals surface area contributed by atoms with Crippen molar-refractivity contribution in [3.63, 3.8) is 0 Å². The van der Waals surface area contributed by atoms with Crippen LogP contribution in [0.5, 0.6) is 0 Å². The van der Waals surface area contributed by atoms with Crippen molar-refractivity contribution in [2.75, 3.05) is 5.32 Å². The van der Waals surface area contributed by atoms with Crippen molar-refractivity contribution in [2.45, 2.75) is 37.1 Å². The Morgan fingerprint density at radius 3 is 2.55 bits per heavy atom. The highest BCUT2D eigenvalue weighted by Gasteiger charge is 2.43. The Balaban J connectivity index is 1.59. The van der Waals surface area contributed by atoms with Crippen LogP contribution in [-0.2, 0) is 10.2 Å². The first-order valence-electron chi connectivity index (χ1n) is 10.9. The largest absolute Gasteiger partial charge is 0.341 e. The van der Waals surface area contributed by atoms with Gasteiger partial charge in [-0.25, -0.2) is 4.39 Å². The maximum Gasteiger partial charge on any atom is 0.252 e. The number of hydrogen-bond donors (Lipinski definition) is 2. The molecule has 2 aliphatic rings. The van der Waals surface area contributed by atoms with Gasteiger partial charge in [-0.1, -0.05) is 70.7 Å². The maximum atomic E-state index is 14.0. The van der Waals surface area contributed by atoms with Gasteiger partial charge in [-0.2, -0.15) is 0 Å². The van der Waals surface area contributed by atoms with E-state index in [-0.39, 0.29) is 11.8 Å². The van der Waals surface area contributed by atoms with Crippen molar-refractivity contribution >= 4 is 45.0 Å². The molecule has 0 saturated heterocycles. The summed E-state index contributed by atoms with van der Waals surface area (Å²) >= 11 is 9.83. The van der Waals surface area contributed by atoms with E-state index in [2.05, 4.69) is 26.6 Å². The summed E-state index contributed by atoms with van der Waals surface area (Å²) in [5, 5.41) is 6.35. The fourth-order valence-corrected chi connectivity index (χ4v) is 5.78. The smallest absolute Gasteiger partial charge is 0.252 e. The summed E-state index contributed by atoms with van der Waals surface area (Å²) in [4.78, 5) is 26.6. The minimum absolute atomic E-state index is 0.102. The highest BCUT2D eigenvalue weighted by Crippen LogP contribution is 2.44. The van der Waals surface area contributed by atoms with Gasteiger partial charge in [0, 0.05) is 31.9 Å². The van der Waals surface area contributed by atoms with E-state index in [0.29, 0.717) is 31.9 Å². The molecule has 7 heteroatoms. The summed E-state index contributed by atoms with van der Waals surface area (Å²) in [5.74, 6) is -0.852. The number of rotatable bonds is 4. The van der Waals surface area contributed by atoms with Crippen LogP contribution in [0.25, 0.3) is 0 Å². The third-order valence-electron chi connectivity index (χ3n) is 6.69. The third-order valence-corrected chi connectivity index (χ3v) is 7.49. The Morgan fingerprint density at radius 2 is 1.82 bits per heavy atom. The Hall–Kier alpha value is -2.70. The van der Waals surface area contributed by atoms with Crippen LogP contribution in [-0.4, -0.2) is 11.8 Å². The van der Waals surface area contributed by atoms with Crippen LogP contribution in [0.4, 0.5) is 10.1 Å². The molecular formula is C26H21BrClFN2O2. The van der Waals surface area contributed by atoms with Crippen LogP contribution in [0.3, 0.4) is 0 Å². The summed E-state index contributed by atoms with van der Waals surface area (Å²) in [6.07, 6.45) is 3.46. The second-order valence-corrected chi connectivity index (χ2v) is 9.92. The van der Waals surface area contributed by atoms with E-state index in [1.807, 2.05) is 30.3 Å². The number of fused-ring (bicyclic) bond motifs is 1. The first-order chi connectivity index (χ1) is 15.9. The van der Waals surface area contributed by atoms with Crippen molar-refractivity contribution in [1.29, 1.82) is 0 Å². The van der Waals surface area contributed by atoms with Crippen molar-refractivity contribution in [3.05, 3.63) is 98.2 Å². The Bertz CT molecular complexity index is 1260. The quantitative estimate of drug-likeness (QED) is 0.406. The molecule has 0 bridgehead atoms. The van der Waals surface area contributed by atoms with E-state index in [4.69, 9.17) is 11.6 Å². The number of anilines is 1. The molecule has 168 valence electrons. The lowest BCUT2D eigenvalue weighted by Crippen LogP contribution is -2.38.